The van der Waals surface area contributed by atoms with Crippen LogP contribution in [0.25, 0.3) is 0 Å². The topological polar surface area (TPSA) is 24.5 Å². The molecular weight excluding hydrogens is 260 g/mol. The second-order valence-electron chi connectivity index (χ2n) is 6.48. The van der Waals surface area contributed by atoms with Crippen LogP contribution in [0.3, 0.4) is 0 Å². The van der Waals surface area contributed by atoms with Crippen molar-refractivity contribution in [3.63, 3.8) is 0 Å². The molecular formula is C18H30N2O. The number of piperidine rings is 1. The summed E-state index contributed by atoms with van der Waals surface area (Å²) in [6.07, 6.45) is 3.59. The minimum Gasteiger partial charge on any atom is -0.496 e. The second kappa shape index (κ2) is 8.40. The highest BCUT2D eigenvalue weighted by molar-refractivity contribution is 5.33. The van der Waals surface area contributed by atoms with E-state index in [0.29, 0.717) is 6.04 Å². The quantitative estimate of drug-likeness (QED) is 0.835. The summed E-state index contributed by atoms with van der Waals surface area (Å²) in [5, 5.41) is 3.71. The summed E-state index contributed by atoms with van der Waals surface area (Å²) in [5.41, 5.74) is 1.30. The van der Waals surface area contributed by atoms with Gasteiger partial charge >= 0.3 is 0 Å². The molecule has 1 aliphatic rings. The fourth-order valence-corrected chi connectivity index (χ4v) is 3.16. The third-order valence-corrected chi connectivity index (χ3v) is 4.23. The highest BCUT2D eigenvalue weighted by Gasteiger charge is 2.18. The van der Waals surface area contributed by atoms with Crippen LogP contribution >= 0.6 is 0 Å². The van der Waals surface area contributed by atoms with Crippen LogP contribution in [0.5, 0.6) is 5.75 Å². The van der Waals surface area contributed by atoms with Crippen LogP contribution < -0.4 is 10.1 Å². The van der Waals surface area contributed by atoms with Crippen LogP contribution in [0.1, 0.15) is 32.3 Å². The summed E-state index contributed by atoms with van der Waals surface area (Å²) >= 11 is 0. The van der Waals surface area contributed by atoms with Gasteiger partial charge in [-0.05, 0) is 56.4 Å². The zero-order valence-corrected chi connectivity index (χ0v) is 13.8. The van der Waals surface area contributed by atoms with Crippen molar-refractivity contribution in [2.24, 2.45) is 5.92 Å². The number of benzene rings is 1. The van der Waals surface area contributed by atoms with Crippen molar-refractivity contribution in [2.75, 3.05) is 33.3 Å². The molecule has 3 nitrogen and oxygen atoms in total. The Morgan fingerprint density at radius 1 is 1.24 bits per heavy atom. The normalized spacial score (nSPS) is 17.3. The Morgan fingerprint density at radius 2 is 1.95 bits per heavy atom. The maximum atomic E-state index is 5.40. The van der Waals surface area contributed by atoms with E-state index >= 15 is 0 Å². The Labute approximate surface area is 129 Å². The Balaban J connectivity index is 1.68. The highest BCUT2D eigenvalue weighted by atomic mass is 16.5. The number of para-hydroxylation sites is 1. The van der Waals surface area contributed by atoms with Crippen LogP contribution in [-0.4, -0.2) is 44.2 Å². The number of rotatable bonds is 7. The summed E-state index contributed by atoms with van der Waals surface area (Å²) in [5.74, 6) is 1.78. The molecule has 0 unspecified atom stereocenters. The van der Waals surface area contributed by atoms with Crippen molar-refractivity contribution < 1.29 is 4.74 Å². The van der Waals surface area contributed by atoms with E-state index in [4.69, 9.17) is 4.74 Å². The van der Waals surface area contributed by atoms with Crippen LogP contribution in [0.2, 0.25) is 0 Å². The summed E-state index contributed by atoms with van der Waals surface area (Å²) in [7, 11) is 1.75. The predicted octanol–water partition coefficient (Wildman–Crippen LogP) is 2.95. The van der Waals surface area contributed by atoms with Gasteiger partial charge in [-0.2, -0.15) is 0 Å². The van der Waals surface area contributed by atoms with E-state index in [9.17, 15) is 0 Å². The lowest BCUT2D eigenvalue weighted by molar-refractivity contribution is 0.180. The smallest absolute Gasteiger partial charge is 0.122 e. The molecule has 0 spiro atoms. The van der Waals surface area contributed by atoms with Gasteiger partial charge in [0.25, 0.3) is 0 Å². The summed E-state index contributed by atoms with van der Waals surface area (Å²) < 4.78 is 5.40. The minimum absolute atomic E-state index is 0.683. The monoisotopic (exact) mass is 290 g/mol. The SMILES string of the molecule is COc1ccccc1CCNC1CCN(CC(C)C)CC1. The Bertz CT molecular complexity index is 411. The van der Waals surface area contributed by atoms with Gasteiger partial charge in [0.2, 0.25) is 0 Å². The number of likely N-dealkylation sites (tertiary alicyclic amines) is 1. The van der Waals surface area contributed by atoms with Crippen molar-refractivity contribution in [1.82, 2.24) is 10.2 Å². The lowest BCUT2D eigenvalue weighted by atomic mass is 10.0. The first-order valence-electron chi connectivity index (χ1n) is 8.26. The molecule has 0 aliphatic carbocycles. The van der Waals surface area contributed by atoms with E-state index < -0.39 is 0 Å². The third-order valence-electron chi connectivity index (χ3n) is 4.23. The predicted molar refractivity (Wildman–Crippen MR) is 89.0 cm³/mol. The third kappa shape index (κ3) is 5.33. The van der Waals surface area contributed by atoms with Crippen LogP contribution in [-0.2, 0) is 6.42 Å². The molecule has 1 N–H and O–H groups in total. The average molecular weight is 290 g/mol. The molecule has 0 atom stereocenters. The number of nitrogens with zero attached hydrogens (tertiary/aromatic N) is 1. The molecule has 118 valence electrons. The molecule has 21 heavy (non-hydrogen) atoms. The van der Waals surface area contributed by atoms with Crippen molar-refractivity contribution in [2.45, 2.75) is 39.2 Å². The molecule has 1 aromatic rings. The van der Waals surface area contributed by atoms with E-state index in [1.807, 2.05) is 12.1 Å². The van der Waals surface area contributed by atoms with Gasteiger partial charge in [-0.1, -0.05) is 32.0 Å². The van der Waals surface area contributed by atoms with Crippen molar-refractivity contribution in [1.29, 1.82) is 0 Å². The first-order chi connectivity index (χ1) is 10.2. The van der Waals surface area contributed by atoms with E-state index in [1.165, 1.54) is 38.0 Å². The van der Waals surface area contributed by atoms with Crippen molar-refractivity contribution >= 4 is 0 Å². The van der Waals surface area contributed by atoms with Gasteiger partial charge < -0.3 is 15.0 Å². The fourth-order valence-electron chi connectivity index (χ4n) is 3.16. The average Bonchev–Trinajstić information content (AvgIpc) is 2.49. The minimum atomic E-state index is 0.683. The van der Waals surface area contributed by atoms with E-state index in [0.717, 1.165) is 24.6 Å². The molecule has 2 rings (SSSR count). The molecule has 1 saturated heterocycles. The molecule has 0 saturated carbocycles. The lowest BCUT2D eigenvalue weighted by Crippen LogP contribution is -2.44. The number of hydrogen-bond donors (Lipinski definition) is 1. The summed E-state index contributed by atoms with van der Waals surface area (Å²) in [6, 6.07) is 9.00. The van der Waals surface area contributed by atoms with Gasteiger partial charge in [-0.3, -0.25) is 0 Å². The van der Waals surface area contributed by atoms with Crippen molar-refractivity contribution in [3.05, 3.63) is 29.8 Å². The molecule has 1 fully saturated rings. The van der Waals surface area contributed by atoms with E-state index in [2.05, 4.69) is 36.2 Å². The molecule has 0 radical (unpaired) electrons. The maximum absolute atomic E-state index is 5.40. The van der Waals surface area contributed by atoms with E-state index in [1.54, 1.807) is 7.11 Å². The molecule has 1 heterocycles. The van der Waals surface area contributed by atoms with Gasteiger partial charge in [-0.25, -0.2) is 0 Å². The molecule has 0 amide bonds. The fraction of sp³-hybridized carbons (Fsp3) is 0.667. The number of hydrogen-bond acceptors (Lipinski definition) is 3. The Hall–Kier alpha value is -1.06. The van der Waals surface area contributed by atoms with Gasteiger partial charge in [0, 0.05) is 12.6 Å². The van der Waals surface area contributed by atoms with Crippen LogP contribution in [0, 0.1) is 5.92 Å². The molecule has 3 heteroatoms. The highest BCUT2D eigenvalue weighted by Crippen LogP contribution is 2.18. The second-order valence-corrected chi connectivity index (χ2v) is 6.48. The van der Waals surface area contributed by atoms with Crippen LogP contribution in [0.4, 0.5) is 0 Å². The number of nitrogens with one attached hydrogen (secondary N) is 1. The first kappa shape index (κ1) is 16.3. The Morgan fingerprint density at radius 3 is 2.62 bits per heavy atom. The first-order valence-corrected chi connectivity index (χ1v) is 8.26. The lowest BCUT2D eigenvalue weighted by Gasteiger charge is -2.33. The molecule has 1 aliphatic heterocycles. The standard InChI is InChI=1S/C18H30N2O/c1-15(2)14-20-12-9-17(10-13-20)19-11-8-16-6-4-5-7-18(16)21-3/h4-7,15,17,19H,8-14H2,1-3H3. The maximum Gasteiger partial charge on any atom is 0.122 e. The molecule has 0 aromatic heterocycles. The van der Waals surface area contributed by atoms with Gasteiger partial charge in [-0.15, -0.1) is 0 Å². The van der Waals surface area contributed by atoms with Gasteiger partial charge in [0.05, 0.1) is 7.11 Å². The van der Waals surface area contributed by atoms with E-state index in [-0.39, 0.29) is 0 Å². The summed E-state index contributed by atoms with van der Waals surface area (Å²) in [6.45, 7) is 9.37. The zero-order valence-electron chi connectivity index (χ0n) is 13.8. The van der Waals surface area contributed by atoms with Gasteiger partial charge in [0.15, 0.2) is 0 Å². The Kier molecular flexibility index (Phi) is 6.52. The number of ether oxygens (including phenoxy) is 1. The van der Waals surface area contributed by atoms with Gasteiger partial charge in [0.1, 0.15) is 5.75 Å². The zero-order chi connectivity index (χ0) is 15.1. The van der Waals surface area contributed by atoms with Crippen molar-refractivity contribution in [3.8, 4) is 5.75 Å². The molecule has 0 bridgehead atoms. The summed E-state index contributed by atoms with van der Waals surface area (Å²) in [4.78, 5) is 2.60. The largest absolute Gasteiger partial charge is 0.496 e. The molecule has 1 aromatic carbocycles. The van der Waals surface area contributed by atoms with Crippen LogP contribution in [0.15, 0.2) is 24.3 Å². The number of methoxy groups -OCH3 is 1.